The minimum absolute atomic E-state index is 0.174. The highest BCUT2D eigenvalue weighted by Gasteiger charge is 2.57. The number of nitrogens with zero attached hydrogens (tertiary/aromatic N) is 4. The van der Waals surface area contributed by atoms with Crippen LogP contribution in [-0.4, -0.2) is 51.5 Å². The van der Waals surface area contributed by atoms with Gasteiger partial charge in [0, 0.05) is 41.9 Å². The number of β-amino-alcohol motifs (C(OH)–C–C–N with tert-alkyl or cyclic N) is 1. The van der Waals surface area contributed by atoms with E-state index in [1.165, 1.54) is 23.4 Å². The molecule has 3 rings (SSSR count). The molecule has 1 aliphatic rings. The van der Waals surface area contributed by atoms with Crippen LogP contribution in [0.2, 0.25) is 0 Å². The number of rotatable bonds is 10. The van der Waals surface area contributed by atoms with Gasteiger partial charge in [0.25, 0.3) is 5.92 Å². The molecule has 0 spiro atoms. The Hall–Kier alpha value is -3.10. The van der Waals surface area contributed by atoms with Crippen LogP contribution in [0.1, 0.15) is 45.7 Å². The third-order valence-corrected chi connectivity index (χ3v) is 6.60. The number of hydrogen-bond donors (Lipinski definition) is 1. The first kappa shape index (κ1) is 30.4. The summed E-state index contributed by atoms with van der Waals surface area (Å²) in [4.78, 5) is 14.3. The van der Waals surface area contributed by atoms with E-state index >= 15 is 4.39 Å². The van der Waals surface area contributed by atoms with Gasteiger partial charge in [0.1, 0.15) is 11.6 Å². The van der Waals surface area contributed by atoms with Crippen LogP contribution in [0.5, 0.6) is 5.75 Å². The Kier molecular flexibility index (Phi) is 9.67. The van der Waals surface area contributed by atoms with Crippen molar-refractivity contribution in [2.75, 3.05) is 18.0 Å². The van der Waals surface area contributed by atoms with E-state index in [-0.39, 0.29) is 24.6 Å². The average molecular weight is 565 g/mol. The Balaban J connectivity index is 1.72. The number of para-hydroxylation sites is 1. The standard InChI is InChI=1S/C28H33F4N4O2P/c1-6-22(21-13-33-26(34-14-21)36-15-28(37,16-36)27(5,31)32)23(29)12-18(3)35-19(4)17(2)11-20-9-7-8-10-24(20)38-25(30)39/h6-10,12-14,25,37H,11,15-16,39H2,1-5H3/b19-17+,22-6-,23-12+,35-18+/t25-/m0/s1. The average Bonchev–Trinajstić information content (AvgIpc) is 2.83. The van der Waals surface area contributed by atoms with Crippen LogP contribution in [0.4, 0.5) is 23.5 Å². The normalized spacial score (nSPS) is 17.9. The zero-order valence-electron chi connectivity index (χ0n) is 22.6. The Morgan fingerprint density at radius 1 is 1.23 bits per heavy atom. The van der Waals surface area contributed by atoms with Crippen LogP contribution >= 0.6 is 9.24 Å². The molecule has 1 fully saturated rings. The number of aliphatic imine (C=N–C) groups is 1. The third-order valence-electron chi connectivity index (χ3n) is 6.47. The largest absolute Gasteiger partial charge is 0.457 e. The summed E-state index contributed by atoms with van der Waals surface area (Å²) in [5, 5.41) is 9.98. The summed E-state index contributed by atoms with van der Waals surface area (Å²) in [6, 6.07) is 7.16. The van der Waals surface area contributed by atoms with Crippen molar-refractivity contribution in [2.45, 2.75) is 58.7 Å². The van der Waals surface area contributed by atoms with E-state index in [0.717, 1.165) is 11.1 Å². The molecule has 2 atom stereocenters. The topological polar surface area (TPSA) is 70.8 Å². The minimum Gasteiger partial charge on any atom is -0.457 e. The summed E-state index contributed by atoms with van der Waals surface area (Å²) in [5.41, 5.74) is 1.37. The Morgan fingerprint density at radius 3 is 2.41 bits per heavy atom. The molecule has 0 saturated carbocycles. The fraction of sp³-hybridized carbons (Fsp3) is 0.393. The van der Waals surface area contributed by atoms with E-state index in [1.807, 2.05) is 35.2 Å². The lowest BCUT2D eigenvalue weighted by molar-refractivity contribution is -0.181. The van der Waals surface area contributed by atoms with Crippen molar-refractivity contribution in [1.82, 2.24) is 9.97 Å². The van der Waals surface area contributed by atoms with Gasteiger partial charge in [-0.2, -0.15) is 4.39 Å². The van der Waals surface area contributed by atoms with E-state index in [2.05, 4.69) is 15.0 Å². The molecule has 0 amide bonds. The zero-order valence-corrected chi connectivity index (χ0v) is 23.7. The van der Waals surface area contributed by atoms with Crippen LogP contribution in [0.3, 0.4) is 0 Å². The van der Waals surface area contributed by atoms with Crippen molar-refractivity contribution in [3.63, 3.8) is 0 Å². The first-order valence-electron chi connectivity index (χ1n) is 12.3. The summed E-state index contributed by atoms with van der Waals surface area (Å²) >= 11 is 0. The van der Waals surface area contributed by atoms with Crippen molar-refractivity contribution in [3.05, 3.63) is 77.0 Å². The van der Waals surface area contributed by atoms with Gasteiger partial charge in [-0.3, -0.25) is 4.99 Å². The van der Waals surface area contributed by atoms with Crippen molar-refractivity contribution in [2.24, 2.45) is 4.99 Å². The summed E-state index contributed by atoms with van der Waals surface area (Å²) < 4.78 is 60.8. The molecule has 1 saturated heterocycles. The number of anilines is 1. The molecule has 1 aromatic heterocycles. The highest BCUT2D eigenvalue weighted by Crippen LogP contribution is 2.37. The van der Waals surface area contributed by atoms with Crippen LogP contribution in [0, 0.1) is 0 Å². The molecular weight excluding hydrogens is 531 g/mol. The van der Waals surface area contributed by atoms with Crippen LogP contribution < -0.4 is 9.64 Å². The number of halogens is 4. The first-order chi connectivity index (χ1) is 18.2. The van der Waals surface area contributed by atoms with Gasteiger partial charge in [0.2, 0.25) is 12.0 Å². The number of benzene rings is 1. The fourth-order valence-corrected chi connectivity index (χ4v) is 4.17. The zero-order chi connectivity index (χ0) is 29.0. The van der Waals surface area contributed by atoms with Crippen LogP contribution in [0.15, 0.2) is 70.9 Å². The van der Waals surface area contributed by atoms with Gasteiger partial charge in [-0.25, -0.2) is 23.1 Å². The summed E-state index contributed by atoms with van der Waals surface area (Å²) in [5.74, 6) is -3.17. The third kappa shape index (κ3) is 7.51. The molecule has 1 N–H and O–H groups in total. The first-order valence-corrected chi connectivity index (χ1v) is 13.0. The molecular formula is C28H33F4N4O2P. The molecule has 0 aliphatic carbocycles. The van der Waals surface area contributed by atoms with E-state index in [1.54, 1.807) is 32.1 Å². The maximum Gasteiger partial charge on any atom is 0.276 e. The van der Waals surface area contributed by atoms with E-state index in [9.17, 15) is 18.3 Å². The number of ether oxygens (including phenoxy) is 1. The molecule has 1 unspecified atom stereocenters. The molecule has 11 heteroatoms. The van der Waals surface area contributed by atoms with Gasteiger partial charge in [-0.15, -0.1) is 0 Å². The van der Waals surface area contributed by atoms with Crippen molar-refractivity contribution >= 4 is 26.5 Å². The summed E-state index contributed by atoms with van der Waals surface area (Å²) in [6.45, 7) is 7.15. The maximum absolute atomic E-state index is 15.2. The SMILES string of the molecule is C\C=C(/C(F)=C\C(C)=N\C(C)=C(/C)Cc1ccccc1O[C@H](F)P)c1cnc(N2CC(O)(C(C)(F)F)C2)nc1. The lowest BCUT2D eigenvalue weighted by Crippen LogP contribution is -2.70. The Bertz CT molecular complexity index is 1300. The number of allylic oxidation sites excluding steroid dienone is 6. The molecule has 39 heavy (non-hydrogen) atoms. The van der Waals surface area contributed by atoms with Gasteiger partial charge in [-0.05, 0) is 57.4 Å². The predicted molar refractivity (Wildman–Crippen MR) is 150 cm³/mol. The van der Waals surface area contributed by atoms with E-state index in [4.69, 9.17) is 4.74 Å². The smallest absolute Gasteiger partial charge is 0.276 e. The van der Waals surface area contributed by atoms with Gasteiger partial charge in [-0.1, -0.05) is 33.5 Å². The number of aromatic nitrogens is 2. The molecule has 0 radical (unpaired) electrons. The summed E-state index contributed by atoms with van der Waals surface area (Å²) in [6.07, 6.45) is 4.66. The monoisotopic (exact) mass is 564 g/mol. The van der Waals surface area contributed by atoms with Gasteiger partial charge in [0.05, 0.1) is 13.1 Å². The quantitative estimate of drug-likeness (QED) is 0.156. The highest BCUT2D eigenvalue weighted by molar-refractivity contribution is 7.16. The van der Waals surface area contributed by atoms with E-state index in [0.29, 0.717) is 36.1 Å². The van der Waals surface area contributed by atoms with Crippen LogP contribution in [0.25, 0.3) is 5.57 Å². The molecule has 6 nitrogen and oxygen atoms in total. The Morgan fingerprint density at radius 2 is 1.85 bits per heavy atom. The van der Waals surface area contributed by atoms with Gasteiger partial charge >= 0.3 is 0 Å². The minimum atomic E-state index is -3.24. The number of hydrogen-bond acceptors (Lipinski definition) is 6. The molecule has 210 valence electrons. The molecule has 0 bridgehead atoms. The molecule has 1 aromatic carbocycles. The van der Waals surface area contributed by atoms with Crippen LogP contribution in [-0.2, 0) is 6.42 Å². The maximum atomic E-state index is 15.2. The Labute approximate surface area is 228 Å². The second-order valence-electron chi connectivity index (χ2n) is 9.61. The summed E-state index contributed by atoms with van der Waals surface area (Å²) in [7, 11) is 1.95. The van der Waals surface area contributed by atoms with Crippen molar-refractivity contribution in [1.29, 1.82) is 0 Å². The molecule has 1 aliphatic heterocycles. The van der Waals surface area contributed by atoms with Crippen molar-refractivity contribution < 1.29 is 27.4 Å². The molecule has 2 aromatic rings. The van der Waals surface area contributed by atoms with Crippen molar-refractivity contribution in [3.8, 4) is 5.75 Å². The number of alkyl halides is 3. The van der Waals surface area contributed by atoms with Gasteiger partial charge < -0.3 is 14.7 Å². The van der Waals surface area contributed by atoms with Gasteiger partial charge in [0.15, 0.2) is 5.60 Å². The lowest BCUT2D eigenvalue weighted by atomic mass is 9.88. The fourth-order valence-electron chi connectivity index (χ4n) is 4.02. The lowest BCUT2D eigenvalue weighted by Gasteiger charge is -2.48. The number of aliphatic hydroxyl groups is 1. The second-order valence-corrected chi connectivity index (χ2v) is 10.1. The second kappa shape index (κ2) is 12.4. The molecule has 2 heterocycles. The van der Waals surface area contributed by atoms with E-state index < -0.39 is 23.4 Å². The highest BCUT2D eigenvalue weighted by atomic mass is 31.0. The predicted octanol–water partition coefficient (Wildman–Crippen LogP) is 6.44.